The third-order valence-corrected chi connectivity index (χ3v) is 3.78. The summed E-state index contributed by atoms with van der Waals surface area (Å²) in [4.78, 5) is 4.71. The lowest BCUT2D eigenvalue weighted by molar-refractivity contribution is 0.173. The maximum absolute atomic E-state index is 5.55. The second-order valence-electron chi connectivity index (χ2n) is 5.15. The fraction of sp³-hybridized carbons (Fsp3) is 0.167. The average Bonchev–Trinajstić information content (AvgIpc) is 3.02. The Morgan fingerprint density at radius 2 is 1.81 bits per heavy atom. The molecule has 0 saturated carbocycles. The fourth-order valence-corrected chi connectivity index (χ4v) is 2.70. The van der Waals surface area contributed by atoms with Gasteiger partial charge in [-0.15, -0.1) is 0 Å². The summed E-state index contributed by atoms with van der Waals surface area (Å²) in [5.74, 6) is 1.73. The van der Waals surface area contributed by atoms with E-state index < -0.39 is 0 Å². The summed E-state index contributed by atoms with van der Waals surface area (Å²) in [6.45, 7) is 0.320. The monoisotopic (exact) mass is 277 g/mol. The van der Waals surface area contributed by atoms with E-state index in [1.807, 2.05) is 24.3 Å². The standard InChI is InChI=1S/C18H15NO2/c1-2-6-16-13(4-1)8-10-15(19-16)11-9-14-5-3-7-17-18(14)21-12-20-17/h1-8,10H,9,11-12H2. The molecule has 0 amide bonds. The molecule has 0 N–H and O–H groups in total. The topological polar surface area (TPSA) is 31.4 Å². The molecule has 0 saturated heterocycles. The van der Waals surface area contributed by atoms with Crippen LogP contribution in [0.25, 0.3) is 10.9 Å². The van der Waals surface area contributed by atoms with Gasteiger partial charge in [0.25, 0.3) is 0 Å². The number of rotatable bonds is 3. The highest BCUT2D eigenvalue weighted by Gasteiger charge is 2.16. The molecule has 21 heavy (non-hydrogen) atoms. The number of pyridine rings is 1. The van der Waals surface area contributed by atoms with Gasteiger partial charge in [-0.05, 0) is 36.6 Å². The predicted octanol–water partition coefficient (Wildman–Crippen LogP) is 3.75. The molecular weight excluding hydrogens is 262 g/mol. The Morgan fingerprint density at radius 3 is 2.81 bits per heavy atom. The van der Waals surface area contributed by atoms with E-state index in [2.05, 4.69) is 30.3 Å². The van der Waals surface area contributed by atoms with Crippen LogP contribution in [0.4, 0.5) is 0 Å². The zero-order valence-corrected chi connectivity index (χ0v) is 11.6. The summed E-state index contributed by atoms with van der Waals surface area (Å²) in [6, 6.07) is 18.5. The van der Waals surface area contributed by atoms with Crippen molar-refractivity contribution in [1.29, 1.82) is 0 Å². The third-order valence-electron chi connectivity index (χ3n) is 3.78. The van der Waals surface area contributed by atoms with Crippen molar-refractivity contribution in [3.63, 3.8) is 0 Å². The summed E-state index contributed by atoms with van der Waals surface area (Å²) in [6.07, 6.45) is 1.79. The van der Waals surface area contributed by atoms with Crippen molar-refractivity contribution in [2.24, 2.45) is 0 Å². The first kappa shape index (κ1) is 12.2. The highest BCUT2D eigenvalue weighted by Crippen LogP contribution is 2.35. The van der Waals surface area contributed by atoms with Crippen LogP contribution in [0.1, 0.15) is 11.3 Å². The molecule has 3 nitrogen and oxygen atoms in total. The van der Waals surface area contributed by atoms with E-state index >= 15 is 0 Å². The highest BCUT2D eigenvalue weighted by molar-refractivity contribution is 5.78. The SMILES string of the molecule is c1cc(CCc2ccc3ccccc3n2)c2c(c1)OCO2. The molecule has 1 aliphatic heterocycles. The second kappa shape index (κ2) is 5.09. The molecule has 1 aliphatic rings. The van der Waals surface area contributed by atoms with E-state index in [1.165, 1.54) is 10.9 Å². The number of para-hydroxylation sites is 2. The van der Waals surface area contributed by atoms with Crippen LogP contribution in [-0.2, 0) is 12.8 Å². The van der Waals surface area contributed by atoms with Crippen LogP contribution < -0.4 is 9.47 Å². The molecule has 3 heteroatoms. The Hall–Kier alpha value is -2.55. The Kier molecular flexibility index (Phi) is 2.96. The number of nitrogens with zero attached hydrogens (tertiary/aromatic N) is 1. The molecule has 0 unspecified atom stereocenters. The molecule has 0 spiro atoms. The van der Waals surface area contributed by atoms with Crippen LogP contribution in [-0.4, -0.2) is 11.8 Å². The van der Waals surface area contributed by atoms with Gasteiger partial charge in [0.2, 0.25) is 6.79 Å². The normalized spacial score (nSPS) is 12.8. The molecule has 3 aromatic rings. The minimum absolute atomic E-state index is 0.320. The number of aryl methyl sites for hydroxylation is 2. The van der Waals surface area contributed by atoms with Gasteiger partial charge >= 0.3 is 0 Å². The molecule has 0 atom stereocenters. The van der Waals surface area contributed by atoms with E-state index in [0.717, 1.165) is 35.6 Å². The minimum Gasteiger partial charge on any atom is -0.454 e. The maximum Gasteiger partial charge on any atom is 0.231 e. The zero-order valence-electron chi connectivity index (χ0n) is 11.6. The second-order valence-corrected chi connectivity index (χ2v) is 5.15. The summed E-state index contributed by atoms with van der Waals surface area (Å²) in [5.41, 5.74) is 3.33. The van der Waals surface area contributed by atoms with Gasteiger partial charge in [0.05, 0.1) is 5.52 Å². The largest absolute Gasteiger partial charge is 0.454 e. The van der Waals surface area contributed by atoms with E-state index in [4.69, 9.17) is 14.5 Å². The molecule has 2 aromatic carbocycles. The average molecular weight is 277 g/mol. The molecule has 0 fully saturated rings. The first-order chi connectivity index (χ1) is 10.4. The van der Waals surface area contributed by atoms with E-state index in [-0.39, 0.29) is 0 Å². The molecule has 2 heterocycles. The van der Waals surface area contributed by atoms with Gasteiger partial charge in [-0.2, -0.15) is 0 Å². The van der Waals surface area contributed by atoms with Crippen LogP contribution in [0.5, 0.6) is 11.5 Å². The van der Waals surface area contributed by atoms with E-state index in [1.54, 1.807) is 0 Å². The Morgan fingerprint density at radius 1 is 0.857 bits per heavy atom. The Bertz CT molecular complexity index is 798. The van der Waals surface area contributed by atoms with Gasteiger partial charge in [-0.1, -0.05) is 36.4 Å². The first-order valence-corrected chi connectivity index (χ1v) is 7.12. The lowest BCUT2D eigenvalue weighted by Crippen LogP contribution is -1.97. The van der Waals surface area contributed by atoms with Gasteiger partial charge in [0.15, 0.2) is 11.5 Å². The van der Waals surface area contributed by atoms with Gasteiger partial charge in [0.1, 0.15) is 0 Å². The molecule has 104 valence electrons. The third kappa shape index (κ3) is 2.31. The number of aromatic nitrogens is 1. The Balaban J connectivity index is 1.57. The van der Waals surface area contributed by atoms with Gasteiger partial charge in [-0.25, -0.2) is 0 Å². The summed E-state index contributed by atoms with van der Waals surface area (Å²) < 4.78 is 11.0. The number of benzene rings is 2. The summed E-state index contributed by atoms with van der Waals surface area (Å²) in [7, 11) is 0. The van der Waals surface area contributed by atoms with Crippen molar-refractivity contribution in [3.8, 4) is 11.5 Å². The smallest absolute Gasteiger partial charge is 0.231 e. The molecule has 0 bridgehead atoms. The van der Waals surface area contributed by atoms with Crippen molar-refractivity contribution in [2.45, 2.75) is 12.8 Å². The van der Waals surface area contributed by atoms with Crippen molar-refractivity contribution in [1.82, 2.24) is 4.98 Å². The lowest BCUT2D eigenvalue weighted by atomic mass is 10.1. The first-order valence-electron chi connectivity index (χ1n) is 7.12. The molecular formula is C18H15NO2. The van der Waals surface area contributed by atoms with Gasteiger partial charge < -0.3 is 9.47 Å². The van der Waals surface area contributed by atoms with Crippen molar-refractivity contribution in [2.75, 3.05) is 6.79 Å². The zero-order chi connectivity index (χ0) is 14.1. The van der Waals surface area contributed by atoms with Crippen molar-refractivity contribution in [3.05, 3.63) is 65.9 Å². The molecule has 1 aromatic heterocycles. The predicted molar refractivity (Wildman–Crippen MR) is 81.7 cm³/mol. The van der Waals surface area contributed by atoms with Crippen LogP contribution >= 0.6 is 0 Å². The number of hydrogen-bond donors (Lipinski definition) is 0. The highest BCUT2D eigenvalue weighted by atomic mass is 16.7. The number of fused-ring (bicyclic) bond motifs is 2. The van der Waals surface area contributed by atoms with Crippen molar-refractivity contribution >= 4 is 10.9 Å². The molecule has 0 radical (unpaired) electrons. The molecule has 0 aliphatic carbocycles. The maximum atomic E-state index is 5.55. The minimum atomic E-state index is 0.320. The number of ether oxygens (including phenoxy) is 2. The van der Waals surface area contributed by atoms with E-state index in [9.17, 15) is 0 Å². The van der Waals surface area contributed by atoms with Crippen LogP contribution in [0, 0.1) is 0 Å². The lowest BCUT2D eigenvalue weighted by Gasteiger charge is -2.06. The van der Waals surface area contributed by atoms with Crippen molar-refractivity contribution < 1.29 is 9.47 Å². The quantitative estimate of drug-likeness (QED) is 0.730. The fourth-order valence-electron chi connectivity index (χ4n) is 2.70. The number of hydrogen-bond acceptors (Lipinski definition) is 3. The van der Waals surface area contributed by atoms with Crippen LogP contribution in [0.2, 0.25) is 0 Å². The van der Waals surface area contributed by atoms with Crippen LogP contribution in [0.15, 0.2) is 54.6 Å². The molecule has 4 rings (SSSR count). The Labute approximate surface area is 123 Å². The summed E-state index contributed by atoms with van der Waals surface area (Å²) >= 11 is 0. The van der Waals surface area contributed by atoms with Crippen LogP contribution in [0.3, 0.4) is 0 Å². The van der Waals surface area contributed by atoms with Gasteiger partial charge in [0, 0.05) is 11.1 Å². The summed E-state index contributed by atoms with van der Waals surface area (Å²) in [5, 5.41) is 1.18. The van der Waals surface area contributed by atoms with E-state index in [0.29, 0.717) is 6.79 Å². The van der Waals surface area contributed by atoms with Gasteiger partial charge in [-0.3, -0.25) is 4.98 Å².